The molecule has 0 spiro atoms. The van der Waals surface area contributed by atoms with Gasteiger partial charge in [0, 0.05) is 12.6 Å². The molecule has 1 rings (SSSR count). The van der Waals surface area contributed by atoms with Gasteiger partial charge in [-0.3, -0.25) is 14.5 Å². The fraction of sp³-hybridized carbons (Fsp3) is 0.833. The molecule has 17 heavy (non-hydrogen) atoms. The van der Waals surface area contributed by atoms with Gasteiger partial charge >= 0.3 is 5.97 Å². The summed E-state index contributed by atoms with van der Waals surface area (Å²) >= 11 is 0. The van der Waals surface area contributed by atoms with Crippen molar-refractivity contribution < 1.29 is 14.7 Å². The quantitative estimate of drug-likeness (QED) is 0.724. The van der Waals surface area contributed by atoms with Crippen LogP contribution < -0.4 is 5.32 Å². The molecule has 2 N–H and O–H groups in total. The van der Waals surface area contributed by atoms with Crippen LogP contribution in [0.1, 0.15) is 38.5 Å². The Kier molecular flexibility index (Phi) is 5.97. The first-order chi connectivity index (χ1) is 8.08. The zero-order chi connectivity index (χ0) is 12.7. The molecule has 1 saturated carbocycles. The summed E-state index contributed by atoms with van der Waals surface area (Å²) in [6.45, 7) is 0.692. The van der Waals surface area contributed by atoms with Crippen molar-refractivity contribution in [1.82, 2.24) is 10.2 Å². The Bertz CT molecular complexity index is 262. The van der Waals surface area contributed by atoms with Crippen molar-refractivity contribution in [3.05, 3.63) is 0 Å². The summed E-state index contributed by atoms with van der Waals surface area (Å²) < 4.78 is 0. The lowest BCUT2D eigenvalue weighted by Crippen LogP contribution is -2.42. The fourth-order valence-electron chi connectivity index (χ4n) is 2.13. The number of aliphatic carboxylic acids is 1. The van der Waals surface area contributed by atoms with E-state index in [1.807, 2.05) is 0 Å². The molecule has 1 aliphatic carbocycles. The molecule has 0 unspecified atom stereocenters. The highest BCUT2D eigenvalue weighted by molar-refractivity contribution is 5.78. The Hall–Kier alpha value is -1.10. The Labute approximate surface area is 102 Å². The summed E-state index contributed by atoms with van der Waals surface area (Å²) in [7, 11) is 1.77. The highest BCUT2D eigenvalue weighted by Gasteiger charge is 2.16. The summed E-state index contributed by atoms with van der Waals surface area (Å²) in [5, 5.41) is 11.5. The second kappa shape index (κ2) is 7.27. The highest BCUT2D eigenvalue weighted by atomic mass is 16.4. The molecule has 1 aliphatic rings. The largest absolute Gasteiger partial charge is 0.481 e. The predicted octanol–water partition coefficient (Wildman–Crippen LogP) is 0.842. The van der Waals surface area contributed by atoms with E-state index in [0.717, 1.165) is 12.8 Å². The van der Waals surface area contributed by atoms with Crippen molar-refractivity contribution in [3.8, 4) is 0 Å². The van der Waals surface area contributed by atoms with E-state index in [0.29, 0.717) is 12.6 Å². The second-order valence-corrected chi connectivity index (χ2v) is 4.78. The van der Waals surface area contributed by atoms with Crippen LogP contribution in [0.2, 0.25) is 0 Å². The minimum atomic E-state index is -0.829. The van der Waals surface area contributed by atoms with E-state index in [1.165, 1.54) is 19.3 Å². The maximum atomic E-state index is 11.7. The van der Waals surface area contributed by atoms with Crippen molar-refractivity contribution in [2.75, 3.05) is 20.1 Å². The predicted molar refractivity (Wildman–Crippen MR) is 64.8 cm³/mol. The van der Waals surface area contributed by atoms with Crippen molar-refractivity contribution in [2.24, 2.45) is 0 Å². The fourth-order valence-corrected chi connectivity index (χ4v) is 2.13. The van der Waals surface area contributed by atoms with Crippen LogP contribution in [-0.2, 0) is 9.59 Å². The van der Waals surface area contributed by atoms with E-state index in [1.54, 1.807) is 11.9 Å². The number of nitrogens with one attached hydrogen (secondary N) is 1. The van der Waals surface area contributed by atoms with E-state index in [2.05, 4.69) is 5.32 Å². The van der Waals surface area contributed by atoms with Gasteiger partial charge in [-0.05, 0) is 19.9 Å². The topological polar surface area (TPSA) is 69.6 Å². The lowest BCUT2D eigenvalue weighted by molar-refractivity contribution is -0.137. The van der Waals surface area contributed by atoms with Crippen molar-refractivity contribution >= 4 is 11.9 Å². The lowest BCUT2D eigenvalue weighted by Gasteiger charge is -2.24. The highest BCUT2D eigenvalue weighted by Crippen LogP contribution is 2.17. The molecule has 5 heteroatoms. The molecule has 0 aliphatic heterocycles. The summed E-state index contributed by atoms with van der Waals surface area (Å²) in [6, 6.07) is 0.323. The Morgan fingerprint density at radius 1 is 1.29 bits per heavy atom. The SMILES string of the molecule is CN(CCC(=O)O)CC(=O)NC1CCCCC1. The van der Waals surface area contributed by atoms with Gasteiger partial charge in [0.1, 0.15) is 0 Å². The van der Waals surface area contributed by atoms with Crippen LogP contribution in [0, 0.1) is 0 Å². The van der Waals surface area contributed by atoms with Gasteiger partial charge in [0.15, 0.2) is 0 Å². The molecule has 98 valence electrons. The standard InChI is InChI=1S/C12H22N2O3/c1-14(8-7-12(16)17)9-11(15)13-10-5-3-2-4-6-10/h10H,2-9H2,1H3,(H,13,15)(H,16,17). The molecule has 1 amide bonds. The van der Waals surface area contributed by atoms with Crippen LogP contribution in [-0.4, -0.2) is 48.1 Å². The first kappa shape index (κ1) is 14.0. The number of carboxylic acid groups (broad SMARTS) is 1. The second-order valence-electron chi connectivity index (χ2n) is 4.78. The van der Waals surface area contributed by atoms with E-state index in [-0.39, 0.29) is 18.9 Å². The van der Waals surface area contributed by atoms with Crippen molar-refractivity contribution in [3.63, 3.8) is 0 Å². The van der Waals surface area contributed by atoms with Gasteiger partial charge in [0.25, 0.3) is 0 Å². The molecule has 0 aromatic rings. The van der Waals surface area contributed by atoms with E-state index < -0.39 is 5.97 Å². The van der Waals surface area contributed by atoms with Crippen LogP contribution >= 0.6 is 0 Å². The smallest absolute Gasteiger partial charge is 0.304 e. The average molecular weight is 242 g/mol. The lowest BCUT2D eigenvalue weighted by atomic mass is 9.95. The van der Waals surface area contributed by atoms with Crippen LogP contribution in [0.4, 0.5) is 0 Å². The van der Waals surface area contributed by atoms with Gasteiger partial charge in [-0.25, -0.2) is 0 Å². The zero-order valence-corrected chi connectivity index (χ0v) is 10.4. The molecule has 0 aromatic carbocycles. The molecular formula is C12H22N2O3. The molecule has 0 bridgehead atoms. The summed E-state index contributed by atoms with van der Waals surface area (Å²) in [5.41, 5.74) is 0. The van der Waals surface area contributed by atoms with Gasteiger partial charge in [0.05, 0.1) is 13.0 Å². The molecule has 0 heterocycles. The van der Waals surface area contributed by atoms with Gasteiger partial charge < -0.3 is 10.4 Å². The number of hydrogen-bond donors (Lipinski definition) is 2. The Balaban J connectivity index is 2.16. The minimum absolute atomic E-state index is 0.00443. The van der Waals surface area contributed by atoms with Gasteiger partial charge in [0.2, 0.25) is 5.91 Å². The van der Waals surface area contributed by atoms with Crippen LogP contribution in [0.25, 0.3) is 0 Å². The third-order valence-electron chi connectivity index (χ3n) is 3.09. The summed E-state index contributed by atoms with van der Waals surface area (Å²) in [5.74, 6) is -0.825. The normalized spacial score (nSPS) is 17.1. The number of nitrogens with zero attached hydrogens (tertiary/aromatic N) is 1. The molecule has 0 aromatic heterocycles. The first-order valence-electron chi connectivity index (χ1n) is 6.27. The third kappa shape index (κ3) is 6.26. The maximum absolute atomic E-state index is 11.7. The molecule has 0 atom stereocenters. The molecular weight excluding hydrogens is 220 g/mol. The Morgan fingerprint density at radius 3 is 2.53 bits per heavy atom. The number of rotatable bonds is 6. The minimum Gasteiger partial charge on any atom is -0.481 e. The van der Waals surface area contributed by atoms with Gasteiger partial charge in [-0.15, -0.1) is 0 Å². The van der Waals surface area contributed by atoms with Crippen molar-refractivity contribution in [1.29, 1.82) is 0 Å². The molecule has 0 radical (unpaired) electrons. The average Bonchev–Trinajstić information content (AvgIpc) is 2.27. The van der Waals surface area contributed by atoms with Gasteiger partial charge in [-0.1, -0.05) is 19.3 Å². The van der Waals surface area contributed by atoms with Crippen molar-refractivity contribution in [2.45, 2.75) is 44.6 Å². The van der Waals surface area contributed by atoms with Crippen LogP contribution in [0.15, 0.2) is 0 Å². The number of carbonyl (C=O) groups excluding carboxylic acids is 1. The monoisotopic (exact) mass is 242 g/mol. The number of carbonyl (C=O) groups is 2. The maximum Gasteiger partial charge on any atom is 0.304 e. The molecule has 0 saturated heterocycles. The number of hydrogen-bond acceptors (Lipinski definition) is 3. The Morgan fingerprint density at radius 2 is 1.94 bits per heavy atom. The number of carboxylic acids is 1. The first-order valence-corrected chi connectivity index (χ1v) is 6.27. The molecule has 1 fully saturated rings. The third-order valence-corrected chi connectivity index (χ3v) is 3.09. The summed E-state index contributed by atoms with van der Waals surface area (Å²) in [4.78, 5) is 23.8. The van der Waals surface area contributed by atoms with E-state index in [9.17, 15) is 9.59 Å². The summed E-state index contributed by atoms with van der Waals surface area (Å²) in [6.07, 6.45) is 5.88. The van der Waals surface area contributed by atoms with Crippen LogP contribution in [0.5, 0.6) is 0 Å². The van der Waals surface area contributed by atoms with E-state index in [4.69, 9.17) is 5.11 Å². The molecule has 5 nitrogen and oxygen atoms in total. The van der Waals surface area contributed by atoms with E-state index >= 15 is 0 Å². The van der Waals surface area contributed by atoms with Crippen LogP contribution in [0.3, 0.4) is 0 Å². The zero-order valence-electron chi connectivity index (χ0n) is 10.4. The number of likely N-dealkylation sites (N-methyl/N-ethyl adjacent to an activating group) is 1. The number of amides is 1. The van der Waals surface area contributed by atoms with Gasteiger partial charge in [-0.2, -0.15) is 0 Å².